The topological polar surface area (TPSA) is 35.2 Å². The minimum atomic E-state index is 0.130. The van der Waals surface area contributed by atoms with Crippen molar-refractivity contribution in [2.75, 3.05) is 6.61 Å². The van der Waals surface area contributed by atoms with E-state index in [1.54, 1.807) is 0 Å². The van der Waals surface area contributed by atoms with Gasteiger partial charge in [0.25, 0.3) is 0 Å². The van der Waals surface area contributed by atoms with Gasteiger partial charge in [-0.2, -0.15) is 0 Å². The molecule has 2 atom stereocenters. The number of nitrogens with two attached hydrogens (primary N) is 1. The lowest BCUT2D eigenvalue weighted by Crippen LogP contribution is -2.44. The van der Waals surface area contributed by atoms with Crippen molar-refractivity contribution in [2.24, 2.45) is 11.7 Å². The monoisotopic (exact) mass is 351 g/mol. The van der Waals surface area contributed by atoms with Gasteiger partial charge in [0.2, 0.25) is 0 Å². The smallest absolute Gasteiger partial charge is 0.0685 e. The number of halogens is 1. The van der Waals surface area contributed by atoms with Crippen molar-refractivity contribution in [2.45, 2.75) is 63.5 Å². The van der Waals surface area contributed by atoms with Crippen molar-refractivity contribution in [3.63, 3.8) is 0 Å². The van der Waals surface area contributed by atoms with Gasteiger partial charge in [0.05, 0.1) is 5.60 Å². The first-order valence-corrected chi connectivity index (χ1v) is 9.05. The Morgan fingerprint density at radius 1 is 1.29 bits per heavy atom. The van der Waals surface area contributed by atoms with Crippen molar-refractivity contribution < 1.29 is 4.74 Å². The fourth-order valence-corrected chi connectivity index (χ4v) is 4.54. The van der Waals surface area contributed by atoms with Crippen LogP contribution < -0.4 is 5.73 Å². The highest BCUT2D eigenvalue weighted by Crippen LogP contribution is 2.44. The summed E-state index contributed by atoms with van der Waals surface area (Å²) in [5, 5.41) is 0. The van der Waals surface area contributed by atoms with E-state index in [1.165, 1.54) is 43.2 Å². The van der Waals surface area contributed by atoms with E-state index in [0.29, 0.717) is 5.92 Å². The van der Waals surface area contributed by atoms with E-state index < -0.39 is 0 Å². The Morgan fingerprint density at radius 3 is 2.81 bits per heavy atom. The lowest BCUT2D eigenvalue weighted by molar-refractivity contribution is -0.120. The second-order valence-corrected chi connectivity index (χ2v) is 7.68. The quantitative estimate of drug-likeness (QED) is 0.823. The summed E-state index contributed by atoms with van der Waals surface area (Å²) in [4.78, 5) is 0. The largest absolute Gasteiger partial charge is 0.375 e. The standard InChI is InChI=1S/C18H26BrNO/c1-13-15(6-5-7-16(13)19)17(20)14-8-11-21-18(12-14)9-3-2-4-10-18/h5-7,14,17H,2-4,8-12,20H2,1H3. The maximum atomic E-state index is 6.65. The minimum absolute atomic E-state index is 0.130. The fraction of sp³-hybridized carbons (Fsp3) is 0.667. The molecule has 0 radical (unpaired) electrons. The maximum absolute atomic E-state index is 6.65. The molecule has 2 nitrogen and oxygen atoms in total. The highest BCUT2D eigenvalue weighted by Gasteiger charge is 2.40. The molecule has 0 amide bonds. The third kappa shape index (κ3) is 3.20. The molecule has 116 valence electrons. The Morgan fingerprint density at radius 2 is 2.05 bits per heavy atom. The van der Waals surface area contributed by atoms with Gasteiger partial charge < -0.3 is 10.5 Å². The molecule has 2 fully saturated rings. The summed E-state index contributed by atoms with van der Waals surface area (Å²) in [5.41, 5.74) is 9.37. The van der Waals surface area contributed by atoms with Gasteiger partial charge in [-0.05, 0) is 55.7 Å². The van der Waals surface area contributed by atoms with Crippen LogP contribution in [-0.4, -0.2) is 12.2 Å². The van der Waals surface area contributed by atoms with Crippen LogP contribution in [0.15, 0.2) is 22.7 Å². The summed E-state index contributed by atoms with van der Waals surface area (Å²) in [6.07, 6.45) is 8.69. The van der Waals surface area contributed by atoms with Crippen molar-refractivity contribution >= 4 is 15.9 Å². The molecule has 3 rings (SSSR count). The highest BCUT2D eigenvalue weighted by molar-refractivity contribution is 9.10. The average molecular weight is 352 g/mol. The molecule has 2 unspecified atom stereocenters. The molecule has 1 spiro atoms. The predicted molar refractivity (Wildman–Crippen MR) is 90.3 cm³/mol. The number of rotatable bonds is 2. The van der Waals surface area contributed by atoms with Gasteiger partial charge in [0.15, 0.2) is 0 Å². The van der Waals surface area contributed by atoms with Crippen LogP contribution in [-0.2, 0) is 4.74 Å². The molecule has 1 saturated carbocycles. The molecule has 1 heterocycles. The van der Waals surface area contributed by atoms with Crippen molar-refractivity contribution in [1.29, 1.82) is 0 Å². The summed E-state index contributed by atoms with van der Waals surface area (Å²) in [5.74, 6) is 0.546. The molecule has 1 aliphatic carbocycles. The summed E-state index contributed by atoms with van der Waals surface area (Å²) in [6, 6.07) is 6.51. The van der Waals surface area contributed by atoms with Crippen LogP contribution in [0.5, 0.6) is 0 Å². The number of benzene rings is 1. The Balaban J connectivity index is 1.78. The van der Waals surface area contributed by atoms with E-state index in [4.69, 9.17) is 10.5 Å². The first kappa shape index (κ1) is 15.5. The molecule has 21 heavy (non-hydrogen) atoms. The second kappa shape index (κ2) is 6.39. The van der Waals surface area contributed by atoms with Gasteiger partial charge >= 0.3 is 0 Å². The van der Waals surface area contributed by atoms with Crippen molar-refractivity contribution in [3.05, 3.63) is 33.8 Å². The van der Waals surface area contributed by atoms with E-state index >= 15 is 0 Å². The SMILES string of the molecule is Cc1c(Br)cccc1C(N)C1CCOC2(CCCCC2)C1. The molecule has 2 N–H and O–H groups in total. The molecule has 1 saturated heterocycles. The molecule has 0 bridgehead atoms. The fourth-order valence-electron chi connectivity index (χ4n) is 4.16. The number of ether oxygens (including phenoxy) is 1. The van der Waals surface area contributed by atoms with Gasteiger partial charge in [-0.25, -0.2) is 0 Å². The highest BCUT2D eigenvalue weighted by atomic mass is 79.9. The molecule has 1 aromatic rings. The van der Waals surface area contributed by atoms with Crippen molar-refractivity contribution in [3.8, 4) is 0 Å². The van der Waals surface area contributed by atoms with Crippen LogP contribution in [0.2, 0.25) is 0 Å². The summed E-state index contributed by atoms with van der Waals surface area (Å²) in [6.45, 7) is 3.04. The first-order valence-electron chi connectivity index (χ1n) is 8.26. The Kier molecular flexibility index (Phi) is 4.72. The lowest BCUT2D eigenvalue weighted by atomic mass is 9.73. The van der Waals surface area contributed by atoms with Crippen LogP contribution in [0.3, 0.4) is 0 Å². The molecular formula is C18H26BrNO. The van der Waals surface area contributed by atoms with Gasteiger partial charge in [0.1, 0.15) is 0 Å². The second-order valence-electron chi connectivity index (χ2n) is 6.82. The van der Waals surface area contributed by atoms with Crippen LogP contribution in [0.4, 0.5) is 0 Å². The summed E-state index contributed by atoms with van der Waals surface area (Å²) < 4.78 is 7.37. The molecule has 1 aromatic carbocycles. The third-order valence-electron chi connectivity index (χ3n) is 5.47. The summed E-state index contributed by atoms with van der Waals surface area (Å²) in [7, 11) is 0. The molecule has 1 aliphatic heterocycles. The zero-order valence-electron chi connectivity index (χ0n) is 12.9. The molecule has 0 aromatic heterocycles. The summed E-state index contributed by atoms with van der Waals surface area (Å²) >= 11 is 3.63. The number of hydrogen-bond donors (Lipinski definition) is 1. The van der Waals surface area contributed by atoms with Gasteiger partial charge in [-0.15, -0.1) is 0 Å². The van der Waals surface area contributed by atoms with Crippen LogP contribution in [0, 0.1) is 12.8 Å². The van der Waals surface area contributed by atoms with E-state index in [9.17, 15) is 0 Å². The molecule has 3 heteroatoms. The maximum Gasteiger partial charge on any atom is 0.0685 e. The molecular weight excluding hydrogens is 326 g/mol. The number of hydrogen-bond acceptors (Lipinski definition) is 2. The lowest BCUT2D eigenvalue weighted by Gasteiger charge is -2.45. The zero-order valence-corrected chi connectivity index (χ0v) is 14.5. The van der Waals surface area contributed by atoms with Gasteiger partial charge in [-0.3, -0.25) is 0 Å². The van der Waals surface area contributed by atoms with Crippen LogP contribution in [0.25, 0.3) is 0 Å². The first-order chi connectivity index (χ1) is 10.1. The third-order valence-corrected chi connectivity index (χ3v) is 6.33. The van der Waals surface area contributed by atoms with E-state index in [-0.39, 0.29) is 11.6 Å². The van der Waals surface area contributed by atoms with Crippen LogP contribution >= 0.6 is 15.9 Å². The normalized spacial score (nSPS) is 26.7. The Labute approximate surface area is 136 Å². The predicted octanol–water partition coefficient (Wildman–Crippen LogP) is 4.89. The van der Waals surface area contributed by atoms with Gasteiger partial charge in [0, 0.05) is 17.1 Å². The molecule has 2 aliphatic rings. The zero-order chi connectivity index (χ0) is 14.9. The Bertz CT molecular complexity index is 490. The van der Waals surface area contributed by atoms with E-state index in [1.807, 2.05) is 0 Å². The Hall–Kier alpha value is -0.380. The minimum Gasteiger partial charge on any atom is -0.375 e. The van der Waals surface area contributed by atoms with E-state index in [2.05, 4.69) is 41.1 Å². The average Bonchev–Trinajstić information content (AvgIpc) is 2.50. The van der Waals surface area contributed by atoms with Crippen LogP contribution in [0.1, 0.15) is 62.1 Å². The van der Waals surface area contributed by atoms with Gasteiger partial charge in [-0.1, -0.05) is 47.3 Å². The van der Waals surface area contributed by atoms with Crippen molar-refractivity contribution in [1.82, 2.24) is 0 Å². The van der Waals surface area contributed by atoms with E-state index in [0.717, 1.165) is 23.9 Å².